The Bertz CT molecular complexity index is 519. The van der Waals surface area contributed by atoms with Gasteiger partial charge < -0.3 is 0 Å². The summed E-state index contributed by atoms with van der Waals surface area (Å²) in [6, 6.07) is 0. The van der Waals surface area contributed by atoms with Crippen LogP contribution in [0.25, 0.3) is 6.08 Å². The molecule has 0 spiro atoms. The number of carbonyl (C=O) groups is 1. The summed E-state index contributed by atoms with van der Waals surface area (Å²) in [4.78, 5) is 14.3. The number of hydrogen-bond acceptors (Lipinski definition) is 4. The molecule has 0 aromatic carbocycles. The second kappa shape index (κ2) is 4.62. The number of rotatable bonds is 2. The molecule has 0 aliphatic carbocycles. The molecule has 2 rings (SSSR count). The normalized spacial score (nSPS) is 18.5. The Morgan fingerprint density at radius 3 is 2.76 bits per heavy atom. The van der Waals surface area contributed by atoms with Crippen LogP contribution in [0.1, 0.15) is 18.2 Å². The molecule has 0 atom stereocenters. The predicted molar refractivity (Wildman–Crippen MR) is 73.5 cm³/mol. The van der Waals surface area contributed by atoms with Crippen LogP contribution in [0.15, 0.2) is 11.1 Å². The summed E-state index contributed by atoms with van der Waals surface area (Å²) in [6.07, 6.45) is 3.62. The van der Waals surface area contributed by atoms with Crippen LogP contribution < -0.4 is 0 Å². The van der Waals surface area contributed by atoms with Crippen LogP contribution in [0.5, 0.6) is 0 Å². The molecule has 2 heterocycles. The van der Waals surface area contributed by atoms with Crippen LogP contribution >= 0.6 is 24.0 Å². The Balaban J connectivity index is 2.33. The van der Waals surface area contributed by atoms with Gasteiger partial charge in [-0.2, -0.15) is 5.10 Å². The third kappa shape index (κ3) is 2.14. The van der Waals surface area contributed by atoms with Crippen molar-refractivity contribution >= 4 is 40.3 Å². The van der Waals surface area contributed by atoms with Gasteiger partial charge in [0.15, 0.2) is 0 Å². The van der Waals surface area contributed by atoms with E-state index in [1.165, 1.54) is 11.8 Å². The molecule has 0 saturated carbocycles. The Morgan fingerprint density at radius 2 is 2.29 bits per heavy atom. The number of nitrogens with zero attached hydrogens (tertiary/aromatic N) is 3. The Hall–Kier alpha value is -1.14. The van der Waals surface area contributed by atoms with Crippen LogP contribution in [-0.2, 0) is 11.8 Å². The number of aryl methyl sites for hydroxylation is 1. The van der Waals surface area contributed by atoms with E-state index in [1.807, 2.05) is 27.0 Å². The fourth-order valence-corrected chi connectivity index (χ4v) is 2.95. The minimum Gasteiger partial charge on any atom is -0.293 e. The van der Waals surface area contributed by atoms with Crippen molar-refractivity contribution in [3.63, 3.8) is 0 Å². The smallest absolute Gasteiger partial charge is 0.266 e. The van der Waals surface area contributed by atoms with E-state index in [1.54, 1.807) is 15.8 Å². The summed E-state index contributed by atoms with van der Waals surface area (Å²) in [5.41, 5.74) is 2.00. The molecule has 1 aliphatic heterocycles. The van der Waals surface area contributed by atoms with E-state index in [0.717, 1.165) is 11.3 Å². The molecule has 1 aromatic rings. The molecule has 6 heteroatoms. The SMILES string of the molecule is CCN1C(=O)/C(=C\c2cnn(C)c2C)SC1=S. The summed E-state index contributed by atoms with van der Waals surface area (Å²) in [5.74, 6) is -0.00856. The number of aromatic nitrogens is 2. The van der Waals surface area contributed by atoms with Gasteiger partial charge in [-0.3, -0.25) is 14.4 Å². The molecule has 17 heavy (non-hydrogen) atoms. The van der Waals surface area contributed by atoms with Crippen molar-refractivity contribution < 1.29 is 4.79 Å². The number of hydrogen-bond donors (Lipinski definition) is 0. The van der Waals surface area contributed by atoms with Gasteiger partial charge in [-0.25, -0.2) is 0 Å². The standard InChI is InChI=1S/C11H13N3OS2/c1-4-14-10(15)9(17-11(14)16)5-8-6-12-13(3)7(8)2/h5-6H,4H2,1-3H3/b9-5+. The number of likely N-dealkylation sites (N-methyl/N-ethyl adjacent to an activating group) is 1. The second-order valence-corrected chi connectivity index (χ2v) is 5.41. The highest BCUT2D eigenvalue weighted by Gasteiger charge is 2.30. The minimum atomic E-state index is -0.00856. The third-order valence-corrected chi connectivity index (χ3v) is 4.13. The summed E-state index contributed by atoms with van der Waals surface area (Å²) < 4.78 is 2.41. The van der Waals surface area contributed by atoms with Crippen LogP contribution in [-0.4, -0.2) is 31.5 Å². The molecule has 0 bridgehead atoms. The largest absolute Gasteiger partial charge is 0.293 e. The van der Waals surface area contributed by atoms with Crippen molar-refractivity contribution in [3.05, 3.63) is 22.4 Å². The van der Waals surface area contributed by atoms with Gasteiger partial charge >= 0.3 is 0 Å². The van der Waals surface area contributed by atoms with E-state index in [9.17, 15) is 4.79 Å². The fraction of sp³-hybridized carbons (Fsp3) is 0.364. The molecule has 1 fully saturated rings. The van der Waals surface area contributed by atoms with Crippen molar-refractivity contribution in [3.8, 4) is 0 Å². The number of thiocarbonyl (C=S) groups is 1. The maximum Gasteiger partial charge on any atom is 0.266 e. The molecule has 90 valence electrons. The highest BCUT2D eigenvalue weighted by molar-refractivity contribution is 8.26. The number of carbonyl (C=O) groups excluding carboxylic acids is 1. The second-order valence-electron chi connectivity index (χ2n) is 3.73. The van der Waals surface area contributed by atoms with Gasteiger partial charge in [0, 0.05) is 24.8 Å². The lowest BCUT2D eigenvalue weighted by Crippen LogP contribution is -2.27. The van der Waals surface area contributed by atoms with E-state index in [0.29, 0.717) is 15.8 Å². The van der Waals surface area contributed by atoms with Crippen molar-refractivity contribution in [2.45, 2.75) is 13.8 Å². The summed E-state index contributed by atoms with van der Waals surface area (Å²) in [7, 11) is 1.88. The first-order valence-corrected chi connectivity index (χ1v) is 6.51. The average molecular weight is 267 g/mol. The third-order valence-electron chi connectivity index (χ3n) is 2.75. The number of amides is 1. The monoisotopic (exact) mass is 267 g/mol. The van der Waals surface area contributed by atoms with Gasteiger partial charge in [-0.1, -0.05) is 24.0 Å². The van der Waals surface area contributed by atoms with E-state index in [4.69, 9.17) is 12.2 Å². The fourth-order valence-electron chi connectivity index (χ4n) is 1.57. The van der Waals surface area contributed by atoms with Gasteiger partial charge in [0.2, 0.25) is 0 Å². The van der Waals surface area contributed by atoms with Gasteiger partial charge in [0.05, 0.1) is 11.1 Å². The molecular formula is C11H13N3OS2. The van der Waals surface area contributed by atoms with Gasteiger partial charge in [-0.15, -0.1) is 0 Å². The van der Waals surface area contributed by atoms with Gasteiger partial charge in [0.25, 0.3) is 5.91 Å². The zero-order valence-electron chi connectivity index (χ0n) is 9.93. The lowest BCUT2D eigenvalue weighted by atomic mass is 10.2. The molecule has 0 N–H and O–H groups in total. The van der Waals surface area contributed by atoms with Crippen LogP contribution in [0.3, 0.4) is 0 Å². The summed E-state index contributed by atoms with van der Waals surface area (Å²) >= 11 is 6.51. The Kier molecular flexibility index (Phi) is 3.35. The lowest BCUT2D eigenvalue weighted by molar-refractivity contribution is -0.121. The van der Waals surface area contributed by atoms with E-state index >= 15 is 0 Å². The molecule has 4 nitrogen and oxygen atoms in total. The van der Waals surface area contributed by atoms with Crippen molar-refractivity contribution in [1.82, 2.24) is 14.7 Å². The Morgan fingerprint density at radius 1 is 1.59 bits per heavy atom. The molecule has 1 aromatic heterocycles. The first-order valence-electron chi connectivity index (χ1n) is 5.28. The van der Waals surface area contributed by atoms with Crippen LogP contribution in [0.2, 0.25) is 0 Å². The predicted octanol–water partition coefficient (Wildman–Crippen LogP) is 1.95. The van der Waals surface area contributed by atoms with E-state index in [-0.39, 0.29) is 5.91 Å². The number of thioether (sulfide) groups is 1. The molecule has 0 radical (unpaired) electrons. The molecular weight excluding hydrogens is 254 g/mol. The van der Waals surface area contributed by atoms with Crippen LogP contribution in [0, 0.1) is 6.92 Å². The maximum absolute atomic E-state index is 12.0. The van der Waals surface area contributed by atoms with E-state index < -0.39 is 0 Å². The van der Waals surface area contributed by atoms with Gasteiger partial charge in [-0.05, 0) is 19.9 Å². The highest BCUT2D eigenvalue weighted by atomic mass is 32.2. The van der Waals surface area contributed by atoms with Crippen molar-refractivity contribution in [2.75, 3.05) is 6.54 Å². The average Bonchev–Trinajstić information content (AvgIpc) is 2.74. The molecule has 1 amide bonds. The quantitative estimate of drug-likeness (QED) is 0.606. The lowest BCUT2D eigenvalue weighted by Gasteiger charge is -2.09. The zero-order valence-corrected chi connectivity index (χ0v) is 11.6. The van der Waals surface area contributed by atoms with Crippen molar-refractivity contribution in [1.29, 1.82) is 0 Å². The molecule has 0 unspecified atom stereocenters. The first-order chi connectivity index (χ1) is 8.04. The topological polar surface area (TPSA) is 38.1 Å². The zero-order chi connectivity index (χ0) is 12.6. The first kappa shape index (κ1) is 12.3. The summed E-state index contributed by atoms with van der Waals surface area (Å²) in [5, 5.41) is 4.15. The van der Waals surface area contributed by atoms with Crippen LogP contribution in [0.4, 0.5) is 0 Å². The van der Waals surface area contributed by atoms with Crippen molar-refractivity contribution in [2.24, 2.45) is 7.05 Å². The van der Waals surface area contributed by atoms with Gasteiger partial charge in [0.1, 0.15) is 4.32 Å². The summed E-state index contributed by atoms with van der Waals surface area (Å²) in [6.45, 7) is 4.51. The Labute approximate surface area is 110 Å². The highest BCUT2D eigenvalue weighted by Crippen LogP contribution is 2.32. The maximum atomic E-state index is 12.0. The van der Waals surface area contributed by atoms with E-state index in [2.05, 4.69) is 5.10 Å². The minimum absolute atomic E-state index is 0.00856. The molecule has 1 aliphatic rings. The molecule has 1 saturated heterocycles.